The van der Waals surface area contributed by atoms with E-state index in [-0.39, 0.29) is 27.2 Å². The molecule has 0 amide bonds. The van der Waals surface area contributed by atoms with Crippen LogP contribution in [-0.4, -0.2) is 25.0 Å². The number of non-ortho nitro benzene ring substituents is 1. The molecule has 0 aromatic heterocycles. The number of benzene rings is 1. The van der Waals surface area contributed by atoms with E-state index in [1.807, 2.05) is 0 Å². The minimum atomic E-state index is -3.57. The SMILES string of the molecule is O=[N+]([O-])c1ccc(S(=O)(=O)CCCl)c(Cl)c1. The van der Waals surface area contributed by atoms with Gasteiger partial charge in [0.15, 0.2) is 9.84 Å². The largest absolute Gasteiger partial charge is 0.271 e. The molecular weight excluding hydrogens is 277 g/mol. The standard InChI is InChI=1S/C8H7Cl2NO4S/c9-3-4-16(14,15)8-2-1-6(11(12)13)5-7(8)10/h1-2,5H,3-4H2. The summed E-state index contributed by atoms with van der Waals surface area (Å²) in [5, 5.41) is 10.2. The van der Waals surface area contributed by atoms with Crippen LogP contribution in [0.3, 0.4) is 0 Å². The van der Waals surface area contributed by atoms with E-state index in [9.17, 15) is 18.5 Å². The molecular formula is C8H7Cl2NO4S. The Morgan fingerprint density at radius 3 is 2.44 bits per heavy atom. The summed E-state index contributed by atoms with van der Waals surface area (Å²) in [5.41, 5.74) is -0.255. The number of hydrogen-bond acceptors (Lipinski definition) is 4. The van der Waals surface area contributed by atoms with Crippen LogP contribution in [0.4, 0.5) is 5.69 Å². The van der Waals surface area contributed by atoms with Crippen LogP contribution < -0.4 is 0 Å². The molecule has 0 spiro atoms. The molecule has 0 aliphatic carbocycles. The molecule has 5 nitrogen and oxygen atoms in total. The van der Waals surface area contributed by atoms with Crippen LogP contribution in [-0.2, 0) is 9.84 Å². The van der Waals surface area contributed by atoms with Crippen molar-refractivity contribution in [3.63, 3.8) is 0 Å². The molecule has 88 valence electrons. The number of halogens is 2. The Hall–Kier alpha value is -0.850. The second kappa shape index (κ2) is 4.99. The fourth-order valence-corrected chi connectivity index (χ4v) is 3.26. The topological polar surface area (TPSA) is 77.3 Å². The molecule has 0 heterocycles. The maximum atomic E-state index is 11.6. The highest BCUT2D eigenvalue weighted by Gasteiger charge is 2.19. The van der Waals surface area contributed by atoms with E-state index in [4.69, 9.17) is 23.2 Å². The van der Waals surface area contributed by atoms with E-state index in [1.54, 1.807) is 0 Å². The molecule has 0 fully saturated rings. The lowest BCUT2D eigenvalue weighted by Gasteiger charge is -2.04. The van der Waals surface area contributed by atoms with Gasteiger partial charge in [-0.1, -0.05) is 11.6 Å². The van der Waals surface area contributed by atoms with Gasteiger partial charge in [0.2, 0.25) is 0 Å². The first-order valence-corrected chi connectivity index (χ1v) is 6.67. The highest BCUT2D eigenvalue weighted by atomic mass is 35.5. The third-order valence-electron chi connectivity index (χ3n) is 1.81. The highest BCUT2D eigenvalue weighted by molar-refractivity contribution is 7.91. The van der Waals surface area contributed by atoms with E-state index in [0.29, 0.717) is 0 Å². The summed E-state index contributed by atoms with van der Waals surface area (Å²) in [6.07, 6.45) is 0. The van der Waals surface area contributed by atoms with Crippen LogP contribution in [0.5, 0.6) is 0 Å². The molecule has 16 heavy (non-hydrogen) atoms. The smallest absolute Gasteiger partial charge is 0.258 e. The molecule has 1 rings (SSSR count). The van der Waals surface area contributed by atoms with Gasteiger partial charge in [-0.3, -0.25) is 10.1 Å². The molecule has 0 N–H and O–H groups in total. The lowest BCUT2D eigenvalue weighted by molar-refractivity contribution is -0.384. The summed E-state index contributed by atoms with van der Waals surface area (Å²) in [5.74, 6) is -0.318. The van der Waals surface area contributed by atoms with Gasteiger partial charge in [0.1, 0.15) is 0 Å². The Kier molecular flexibility index (Phi) is 4.12. The van der Waals surface area contributed by atoms with Crippen molar-refractivity contribution in [3.8, 4) is 0 Å². The van der Waals surface area contributed by atoms with Crippen molar-refractivity contribution in [3.05, 3.63) is 33.3 Å². The first kappa shape index (κ1) is 13.2. The summed E-state index contributed by atoms with van der Waals surface area (Å²) in [6, 6.07) is 3.21. The van der Waals surface area contributed by atoms with Gasteiger partial charge in [-0.05, 0) is 6.07 Å². The number of nitro benzene ring substituents is 1. The minimum Gasteiger partial charge on any atom is -0.258 e. The molecule has 0 saturated heterocycles. The lowest BCUT2D eigenvalue weighted by Crippen LogP contribution is -2.08. The van der Waals surface area contributed by atoms with Crippen LogP contribution in [0, 0.1) is 10.1 Å². The summed E-state index contributed by atoms with van der Waals surface area (Å²) in [4.78, 5) is 9.63. The Labute approximate surface area is 102 Å². The minimum absolute atomic E-state index is 0.0599. The third-order valence-corrected chi connectivity index (χ3v) is 4.41. The molecule has 1 aromatic rings. The number of hydrogen-bond donors (Lipinski definition) is 0. The van der Waals surface area contributed by atoms with Gasteiger partial charge in [-0.15, -0.1) is 11.6 Å². The van der Waals surface area contributed by atoms with Crippen LogP contribution in [0.2, 0.25) is 5.02 Å². The van der Waals surface area contributed by atoms with Crippen molar-refractivity contribution >= 4 is 38.7 Å². The van der Waals surface area contributed by atoms with Crippen LogP contribution in [0.25, 0.3) is 0 Å². The van der Waals surface area contributed by atoms with Crippen LogP contribution in [0.1, 0.15) is 0 Å². The number of sulfone groups is 1. The molecule has 0 radical (unpaired) electrons. The molecule has 1 aromatic carbocycles. The lowest BCUT2D eigenvalue weighted by atomic mass is 10.3. The fourth-order valence-electron chi connectivity index (χ4n) is 1.07. The third kappa shape index (κ3) is 2.84. The van der Waals surface area contributed by atoms with Crippen molar-refractivity contribution in [1.29, 1.82) is 0 Å². The second-order valence-electron chi connectivity index (χ2n) is 2.88. The van der Waals surface area contributed by atoms with Gasteiger partial charge in [0.05, 0.1) is 20.6 Å². The number of nitro groups is 1. The van der Waals surface area contributed by atoms with Crippen molar-refractivity contribution in [1.82, 2.24) is 0 Å². The zero-order chi connectivity index (χ0) is 12.3. The number of rotatable bonds is 4. The van der Waals surface area contributed by atoms with Gasteiger partial charge >= 0.3 is 0 Å². The predicted octanol–water partition coefficient (Wildman–Crippen LogP) is 2.26. The quantitative estimate of drug-likeness (QED) is 0.482. The van der Waals surface area contributed by atoms with Gasteiger partial charge < -0.3 is 0 Å². The average molecular weight is 284 g/mol. The van der Waals surface area contributed by atoms with Crippen LogP contribution >= 0.6 is 23.2 Å². The summed E-state index contributed by atoms with van der Waals surface area (Å²) in [6.45, 7) is 0. The first-order chi connectivity index (χ1) is 7.38. The van der Waals surface area contributed by atoms with Crippen molar-refractivity contribution < 1.29 is 13.3 Å². The maximum absolute atomic E-state index is 11.6. The van der Waals surface area contributed by atoms with Gasteiger partial charge in [0.25, 0.3) is 5.69 Å². The van der Waals surface area contributed by atoms with Gasteiger partial charge in [-0.25, -0.2) is 8.42 Å². The highest BCUT2D eigenvalue weighted by Crippen LogP contribution is 2.26. The van der Waals surface area contributed by atoms with Crippen molar-refractivity contribution in [2.75, 3.05) is 11.6 Å². The first-order valence-electron chi connectivity index (χ1n) is 4.11. The average Bonchev–Trinajstić information content (AvgIpc) is 2.16. The van der Waals surface area contributed by atoms with Crippen LogP contribution in [0.15, 0.2) is 23.1 Å². The molecule has 0 atom stereocenters. The summed E-state index contributed by atoms with van der Waals surface area (Å²) >= 11 is 11.0. The summed E-state index contributed by atoms with van der Waals surface area (Å²) < 4.78 is 23.2. The van der Waals surface area contributed by atoms with Gasteiger partial charge in [-0.2, -0.15) is 0 Å². The second-order valence-corrected chi connectivity index (χ2v) is 5.74. The molecule has 0 saturated carbocycles. The molecule has 0 aliphatic heterocycles. The van der Waals surface area contributed by atoms with Crippen molar-refractivity contribution in [2.24, 2.45) is 0 Å². The monoisotopic (exact) mass is 283 g/mol. The fraction of sp³-hybridized carbons (Fsp3) is 0.250. The number of alkyl halides is 1. The molecule has 0 aliphatic rings. The zero-order valence-corrected chi connectivity index (χ0v) is 10.2. The van der Waals surface area contributed by atoms with E-state index in [2.05, 4.69) is 0 Å². The molecule has 0 bridgehead atoms. The van der Waals surface area contributed by atoms with E-state index in [1.165, 1.54) is 0 Å². The Bertz CT molecular complexity index is 515. The van der Waals surface area contributed by atoms with Crippen molar-refractivity contribution in [2.45, 2.75) is 4.90 Å². The Balaban J connectivity index is 3.23. The van der Waals surface area contributed by atoms with E-state index in [0.717, 1.165) is 18.2 Å². The molecule has 8 heteroatoms. The normalized spacial score (nSPS) is 11.4. The zero-order valence-electron chi connectivity index (χ0n) is 7.89. The molecule has 0 unspecified atom stereocenters. The Morgan fingerprint density at radius 2 is 2.00 bits per heavy atom. The Morgan fingerprint density at radius 1 is 1.38 bits per heavy atom. The number of nitrogens with zero attached hydrogens (tertiary/aromatic N) is 1. The van der Waals surface area contributed by atoms with Gasteiger partial charge in [0, 0.05) is 18.0 Å². The van der Waals surface area contributed by atoms with E-state index >= 15 is 0 Å². The maximum Gasteiger partial charge on any atom is 0.271 e. The predicted molar refractivity (Wildman–Crippen MR) is 60.9 cm³/mol. The summed E-state index contributed by atoms with van der Waals surface area (Å²) in [7, 11) is -3.57. The van der Waals surface area contributed by atoms with E-state index < -0.39 is 14.8 Å².